The van der Waals surface area contributed by atoms with Gasteiger partial charge in [-0.15, -0.1) is 11.3 Å². The van der Waals surface area contributed by atoms with Crippen LogP contribution in [-0.4, -0.2) is 50.6 Å². The first-order chi connectivity index (χ1) is 13.8. The van der Waals surface area contributed by atoms with Crippen molar-refractivity contribution in [2.75, 3.05) is 37.6 Å². The fourth-order valence-electron chi connectivity index (χ4n) is 4.06. The highest BCUT2D eigenvalue weighted by atomic mass is 32.1. The number of aliphatic imine (C=N–C) groups is 1. The minimum Gasteiger partial charge on any atom is -0.363 e. The Bertz CT molecular complexity index is 604. The van der Waals surface area contributed by atoms with Gasteiger partial charge >= 0.3 is 0 Å². The van der Waals surface area contributed by atoms with Crippen LogP contribution in [0.2, 0.25) is 0 Å². The molecule has 7 heteroatoms. The van der Waals surface area contributed by atoms with E-state index in [9.17, 15) is 4.79 Å². The molecule has 28 heavy (non-hydrogen) atoms. The zero-order chi connectivity index (χ0) is 19.6. The number of piperidine rings is 1. The molecule has 2 aliphatic rings. The lowest BCUT2D eigenvalue weighted by molar-refractivity contribution is -0.125. The Labute approximate surface area is 173 Å². The lowest BCUT2D eigenvalue weighted by Gasteiger charge is -2.33. The second kappa shape index (κ2) is 11.3. The van der Waals surface area contributed by atoms with Gasteiger partial charge in [-0.2, -0.15) is 0 Å². The number of carbonyl (C=O) groups is 1. The third-order valence-electron chi connectivity index (χ3n) is 5.65. The van der Waals surface area contributed by atoms with Gasteiger partial charge in [-0.3, -0.25) is 9.79 Å². The van der Waals surface area contributed by atoms with E-state index in [1.165, 1.54) is 24.3 Å². The van der Waals surface area contributed by atoms with Gasteiger partial charge in [-0.25, -0.2) is 0 Å². The molecule has 1 aliphatic carbocycles. The van der Waals surface area contributed by atoms with Crippen LogP contribution in [0.1, 0.15) is 51.9 Å². The molecule has 3 N–H and O–H groups in total. The highest BCUT2D eigenvalue weighted by Gasteiger charge is 2.21. The summed E-state index contributed by atoms with van der Waals surface area (Å²) in [6.45, 7) is 6.31. The average molecular weight is 406 g/mol. The molecular formula is C21H35N5OS. The van der Waals surface area contributed by atoms with Crippen LogP contribution in [0.5, 0.6) is 0 Å². The monoisotopic (exact) mass is 405 g/mol. The van der Waals surface area contributed by atoms with Crippen LogP contribution in [0.4, 0.5) is 5.00 Å². The number of anilines is 1. The quantitative estimate of drug-likeness (QED) is 0.371. The number of nitrogens with zero attached hydrogens (tertiary/aromatic N) is 2. The van der Waals surface area contributed by atoms with Gasteiger partial charge in [0.1, 0.15) is 0 Å². The van der Waals surface area contributed by atoms with Crippen molar-refractivity contribution in [2.24, 2.45) is 10.9 Å². The molecule has 1 aromatic rings. The van der Waals surface area contributed by atoms with E-state index < -0.39 is 0 Å². The van der Waals surface area contributed by atoms with E-state index in [4.69, 9.17) is 0 Å². The maximum atomic E-state index is 12.2. The summed E-state index contributed by atoms with van der Waals surface area (Å²) >= 11 is 1.81. The van der Waals surface area contributed by atoms with Crippen molar-refractivity contribution in [1.29, 1.82) is 0 Å². The molecule has 1 aromatic heterocycles. The molecule has 0 atom stereocenters. The van der Waals surface area contributed by atoms with E-state index in [1.807, 2.05) is 11.3 Å². The van der Waals surface area contributed by atoms with Crippen molar-refractivity contribution in [3.05, 3.63) is 17.5 Å². The largest absolute Gasteiger partial charge is 0.363 e. The summed E-state index contributed by atoms with van der Waals surface area (Å²) in [5.74, 6) is 1.30. The van der Waals surface area contributed by atoms with E-state index in [1.54, 1.807) is 0 Å². The van der Waals surface area contributed by atoms with Crippen molar-refractivity contribution in [3.63, 3.8) is 0 Å². The third kappa shape index (κ3) is 6.40. The summed E-state index contributed by atoms with van der Waals surface area (Å²) in [5.41, 5.74) is 0. The Kier molecular flexibility index (Phi) is 8.45. The summed E-state index contributed by atoms with van der Waals surface area (Å²) in [7, 11) is 0. The lowest BCUT2D eigenvalue weighted by atomic mass is 9.89. The molecule has 0 radical (unpaired) electrons. The standard InChI is InChI=1S/C21H35N5OS/c1-2-22-21(24-13-12-23-20(27)17-7-4-3-5-8-17)25-18-10-14-26(15-11-18)19-9-6-16-28-19/h6,9,16-18H,2-5,7-8,10-15H2,1H3,(H,23,27)(H2,22,24,25). The summed E-state index contributed by atoms with van der Waals surface area (Å²) in [6, 6.07) is 4.77. The van der Waals surface area contributed by atoms with Gasteiger partial charge in [-0.1, -0.05) is 19.3 Å². The molecule has 1 aliphatic heterocycles. The number of hydrogen-bond acceptors (Lipinski definition) is 4. The molecule has 0 bridgehead atoms. The summed E-state index contributed by atoms with van der Waals surface area (Å²) in [6.07, 6.45) is 7.97. The highest BCUT2D eigenvalue weighted by Crippen LogP contribution is 2.25. The third-order valence-corrected chi connectivity index (χ3v) is 6.58. The van der Waals surface area contributed by atoms with E-state index >= 15 is 0 Å². The smallest absolute Gasteiger partial charge is 0.223 e. The fourth-order valence-corrected chi connectivity index (χ4v) is 4.85. The number of nitrogens with one attached hydrogen (secondary N) is 3. The zero-order valence-corrected chi connectivity index (χ0v) is 17.9. The minimum atomic E-state index is 0.216. The molecule has 1 saturated heterocycles. The minimum absolute atomic E-state index is 0.216. The molecular weight excluding hydrogens is 370 g/mol. The molecule has 1 amide bonds. The number of hydrogen-bond donors (Lipinski definition) is 3. The Morgan fingerprint density at radius 2 is 1.96 bits per heavy atom. The predicted molar refractivity (Wildman–Crippen MR) is 118 cm³/mol. The maximum Gasteiger partial charge on any atom is 0.223 e. The average Bonchev–Trinajstić information content (AvgIpc) is 3.27. The second-order valence-electron chi connectivity index (χ2n) is 7.74. The van der Waals surface area contributed by atoms with Crippen LogP contribution in [-0.2, 0) is 4.79 Å². The number of amides is 1. The van der Waals surface area contributed by atoms with Crippen LogP contribution in [0.15, 0.2) is 22.5 Å². The van der Waals surface area contributed by atoms with Crippen molar-refractivity contribution in [3.8, 4) is 0 Å². The Morgan fingerprint density at radius 1 is 1.18 bits per heavy atom. The number of rotatable bonds is 7. The van der Waals surface area contributed by atoms with E-state index in [2.05, 4.69) is 50.3 Å². The first-order valence-electron chi connectivity index (χ1n) is 10.9. The molecule has 0 unspecified atom stereocenters. The first-order valence-corrected chi connectivity index (χ1v) is 11.7. The maximum absolute atomic E-state index is 12.2. The van der Waals surface area contributed by atoms with Gasteiger partial charge < -0.3 is 20.9 Å². The van der Waals surface area contributed by atoms with Crippen LogP contribution < -0.4 is 20.9 Å². The van der Waals surface area contributed by atoms with Crippen LogP contribution in [0.25, 0.3) is 0 Å². The van der Waals surface area contributed by atoms with Gasteiger partial charge in [0, 0.05) is 38.1 Å². The van der Waals surface area contributed by atoms with Crippen LogP contribution in [0.3, 0.4) is 0 Å². The van der Waals surface area contributed by atoms with Crippen molar-refractivity contribution >= 4 is 28.2 Å². The Morgan fingerprint density at radius 3 is 2.64 bits per heavy atom. The first kappa shape index (κ1) is 21.0. The topological polar surface area (TPSA) is 68.8 Å². The van der Waals surface area contributed by atoms with E-state index in [-0.39, 0.29) is 11.8 Å². The van der Waals surface area contributed by atoms with Gasteiger partial charge in [0.25, 0.3) is 0 Å². The molecule has 156 valence electrons. The molecule has 2 fully saturated rings. The molecule has 0 spiro atoms. The molecule has 2 heterocycles. The fraction of sp³-hybridized carbons (Fsp3) is 0.714. The summed E-state index contributed by atoms with van der Waals surface area (Å²) in [5, 5.41) is 13.5. The predicted octanol–water partition coefficient (Wildman–Crippen LogP) is 2.97. The summed E-state index contributed by atoms with van der Waals surface area (Å²) in [4.78, 5) is 19.3. The second-order valence-corrected chi connectivity index (χ2v) is 8.67. The van der Waals surface area contributed by atoms with Crippen LogP contribution >= 0.6 is 11.3 Å². The number of thiophene rings is 1. The molecule has 1 saturated carbocycles. The SMILES string of the molecule is CCNC(=NCCNC(=O)C1CCCCC1)NC1CCN(c2cccs2)CC1. The van der Waals surface area contributed by atoms with Crippen molar-refractivity contribution < 1.29 is 4.79 Å². The molecule has 3 rings (SSSR count). The van der Waals surface area contributed by atoms with Gasteiger partial charge in [0.15, 0.2) is 5.96 Å². The Hall–Kier alpha value is -1.76. The van der Waals surface area contributed by atoms with Crippen molar-refractivity contribution in [1.82, 2.24) is 16.0 Å². The van der Waals surface area contributed by atoms with Crippen molar-refractivity contribution in [2.45, 2.75) is 57.9 Å². The highest BCUT2D eigenvalue weighted by molar-refractivity contribution is 7.14. The van der Waals surface area contributed by atoms with E-state index in [0.717, 1.165) is 51.3 Å². The number of carbonyl (C=O) groups excluding carboxylic acids is 1. The molecule has 0 aromatic carbocycles. The zero-order valence-electron chi connectivity index (χ0n) is 17.1. The normalized spacial score (nSPS) is 19.5. The van der Waals surface area contributed by atoms with Gasteiger partial charge in [0.2, 0.25) is 5.91 Å². The number of guanidine groups is 1. The van der Waals surface area contributed by atoms with Gasteiger partial charge in [-0.05, 0) is 50.1 Å². The molecule has 6 nitrogen and oxygen atoms in total. The lowest BCUT2D eigenvalue weighted by Crippen LogP contribution is -2.48. The van der Waals surface area contributed by atoms with Crippen LogP contribution in [0, 0.1) is 5.92 Å². The van der Waals surface area contributed by atoms with Gasteiger partial charge in [0.05, 0.1) is 11.5 Å². The van der Waals surface area contributed by atoms with E-state index in [0.29, 0.717) is 19.1 Å². The Balaban J connectivity index is 1.38. The summed E-state index contributed by atoms with van der Waals surface area (Å²) < 4.78 is 0.